The molecular formula is C15H18ClN3O. The lowest BCUT2D eigenvalue weighted by atomic mass is 10.1. The van der Waals surface area contributed by atoms with Crippen LogP contribution in [-0.2, 0) is 11.3 Å². The van der Waals surface area contributed by atoms with Gasteiger partial charge in [0.05, 0.1) is 19.3 Å². The van der Waals surface area contributed by atoms with Crippen molar-refractivity contribution in [3.8, 4) is 0 Å². The first-order chi connectivity index (χ1) is 9.81. The Balaban J connectivity index is 1.59. The molecule has 4 nitrogen and oxygen atoms in total. The zero-order valence-corrected chi connectivity index (χ0v) is 12.0. The molecule has 0 N–H and O–H groups in total. The Morgan fingerprint density at radius 2 is 2.25 bits per heavy atom. The third-order valence-electron chi connectivity index (χ3n) is 3.58. The number of hydrogen-bond donors (Lipinski definition) is 0. The SMILES string of the molecule is Clc1cccc([C@H]2CN(CCn3cccn3)CCO2)c1. The summed E-state index contributed by atoms with van der Waals surface area (Å²) < 4.78 is 7.83. The number of aromatic nitrogens is 2. The van der Waals surface area contributed by atoms with Crippen LogP contribution in [0.15, 0.2) is 42.7 Å². The van der Waals surface area contributed by atoms with E-state index < -0.39 is 0 Å². The second-order valence-corrected chi connectivity index (χ2v) is 5.42. The first kappa shape index (κ1) is 13.6. The standard InChI is InChI=1S/C15H18ClN3O/c16-14-4-1-3-13(11-14)15-12-18(9-10-20-15)7-8-19-6-2-5-17-19/h1-6,11,15H,7-10,12H2/t15-/m1/s1. The topological polar surface area (TPSA) is 30.3 Å². The Labute approximate surface area is 123 Å². The van der Waals surface area contributed by atoms with Gasteiger partial charge in [0.15, 0.2) is 0 Å². The molecule has 1 aliphatic rings. The fourth-order valence-corrected chi connectivity index (χ4v) is 2.69. The quantitative estimate of drug-likeness (QED) is 0.867. The lowest BCUT2D eigenvalue weighted by molar-refractivity contribution is -0.0311. The van der Waals surface area contributed by atoms with Crippen molar-refractivity contribution in [2.75, 3.05) is 26.2 Å². The van der Waals surface area contributed by atoms with Gasteiger partial charge in [-0.2, -0.15) is 5.10 Å². The summed E-state index contributed by atoms with van der Waals surface area (Å²) in [6.45, 7) is 4.54. The molecule has 106 valence electrons. The van der Waals surface area contributed by atoms with Crippen LogP contribution in [0.25, 0.3) is 0 Å². The molecule has 0 bridgehead atoms. The van der Waals surface area contributed by atoms with E-state index in [9.17, 15) is 0 Å². The van der Waals surface area contributed by atoms with Crippen LogP contribution in [0.5, 0.6) is 0 Å². The van der Waals surface area contributed by atoms with Crippen molar-refractivity contribution in [1.29, 1.82) is 0 Å². The number of ether oxygens (including phenoxy) is 1. The summed E-state index contributed by atoms with van der Waals surface area (Å²) in [5.41, 5.74) is 1.15. The van der Waals surface area contributed by atoms with E-state index in [0.29, 0.717) is 0 Å². The van der Waals surface area contributed by atoms with Crippen LogP contribution in [0.3, 0.4) is 0 Å². The molecule has 20 heavy (non-hydrogen) atoms. The third-order valence-corrected chi connectivity index (χ3v) is 3.81. The molecule has 5 heteroatoms. The van der Waals surface area contributed by atoms with Crippen LogP contribution in [0.1, 0.15) is 11.7 Å². The smallest absolute Gasteiger partial charge is 0.0952 e. The highest BCUT2D eigenvalue weighted by atomic mass is 35.5. The Hall–Kier alpha value is -1.36. The van der Waals surface area contributed by atoms with Crippen LogP contribution in [-0.4, -0.2) is 40.9 Å². The number of halogens is 1. The average molecular weight is 292 g/mol. The van der Waals surface area contributed by atoms with E-state index in [1.165, 1.54) is 0 Å². The second kappa shape index (κ2) is 6.39. The minimum atomic E-state index is 0.111. The van der Waals surface area contributed by atoms with E-state index >= 15 is 0 Å². The average Bonchev–Trinajstić information content (AvgIpc) is 2.99. The number of rotatable bonds is 4. The van der Waals surface area contributed by atoms with Crippen molar-refractivity contribution < 1.29 is 4.74 Å². The summed E-state index contributed by atoms with van der Waals surface area (Å²) in [6, 6.07) is 9.89. The van der Waals surface area contributed by atoms with Gasteiger partial charge in [-0.15, -0.1) is 0 Å². The van der Waals surface area contributed by atoms with E-state index in [0.717, 1.165) is 43.4 Å². The van der Waals surface area contributed by atoms with E-state index in [4.69, 9.17) is 16.3 Å². The molecule has 1 aliphatic heterocycles. The molecule has 2 heterocycles. The highest BCUT2D eigenvalue weighted by molar-refractivity contribution is 6.30. The van der Waals surface area contributed by atoms with Crippen molar-refractivity contribution in [3.05, 3.63) is 53.3 Å². The van der Waals surface area contributed by atoms with Crippen LogP contribution < -0.4 is 0 Å². The second-order valence-electron chi connectivity index (χ2n) is 4.98. The number of nitrogens with zero attached hydrogens (tertiary/aromatic N) is 3. The fraction of sp³-hybridized carbons (Fsp3) is 0.400. The van der Waals surface area contributed by atoms with E-state index in [1.807, 2.05) is 41.3 Å². The Kier molecular flexibility index (Phi) is 4.35. The predicted molar refractivity (Wildman–Crippen MR) is 78.8 cm³/mol. The number of benzene rings is 1. The van der Waals surface area contributed by atoms with Crippen molar-refractivity contribution in [3.63, 3.8) is 0 Å². The van der Waals surface area contributed by atoms with Gasteiger partial charge in [-0.25, -0.2) is 0 Å². The molecule has 3 rings (SSSR count). The largest absolute Gasteiger partial charge is 0.371 e. The molecule has 1 atom stereocenters. The van der Waals surface area contributed by atoms with Gasteiger partial charge in [-0.05, 0) is 23.8 Å². The zero-order chi connectivity index (χ0) is 13.8. The van der Waals surface area contributed by atoms with Crippen LogP contribution >= 0.6 is 11.6 Å². The lowest BCUT2D eigenvalue weighted by Gasteiger charge is -2.33. The predicted octanol–water partition coefficient (Wildman–Crippen LogP) is 2.61. The van der Waals surface area contributed by atoms with Gasteiger partial charge in [-0.1, -0.05) is 23.7 Å². The Morgan fingerprint density at radius 1 is 1.30 bits per heavy atom. The van der Waals surface area contributed by atoms with Crippen molar-refractivity contribution >= 4 is 11.6 Å². The summed E-state index contributed by atoms with van der Waals surface area (Å²) in [4.78, 5) is 2.41. The molecule has 0 saturated carbocycles. The van der Waals surface area contributed by atoms with Crippen molar-refractivity contribution in [2.24, 2.45) is 0 Å². The van der Waals surface area contributed by atoms with Crippen molar-refractivity contribution in [1.82, 2.24) is 14.7 Å². The van der Waals surface area contributed by atoms with Gasteiger partial charge in [0.2, 0.25) is 0 Å². The Morgan fingerprint density at radius 3 is 3.05 bits per heavy atom. The summed E-state index contributed by atoms with van der Waals surface area (Å²) in [5, 5.41) is 4.99. The van der Waals surface area contributed by atoms with Crippen LogP contribution in [0, 0.1) is 0 Å². The molecular weight excluding hydrogens is 274 g/mol. The zero-order valence-electron chi connectivity index (χ0n) is 11.3. The van der Waals surface area contributed by atoms with Crippen LogP contribution in [0.4, 0.5) is 0 Å². The van der Waals surface area contributed by atoms with E-state index in [1.54, 1.807) is 0 Å². The highest BCUT2D eigenvalue weighted by Crippen LogP contribution is 2.24. The normalized spacial score (nSPS) is 20.1. The molecule has 0 amide bonds. The maximum atomic E-state index is 6.05. The summed E-state index contributed by atoms with van der Waals surface area (Å²) in [5.74, 6) is 0. The Bertz CT molecular complexity index is 544. The molecule has 0 radical (unpaired) electrons. The molecule has 1 fully saturated rings. The van der Waals surface area contributed by atoms with Gasteiger partial charge in [0.25, 0.3) is 0 Å². The highest BCUT2D eigenvalue weighted by Gasteiger charge is 2.21. The fourth-order valence-electron chi connectivity index (χ4n) is 2.49. The summed E-state index contributed by atoms with van der Waals surface area (Å²) >= 11 is 6.05. The van der Waals surface area contributed by atoms with Gasteiger partial charge in [-0.3, -0.25) is 9.58 Å². The summed E-state index contributed by atoms with van der Waals surface area (Å²) in [7, 11) is 0. The minimum absolute atomic E-state index is 0.111. The molecule has 2 aromatic rings. The van der Waals surface area contributed by atoms with E-state index in [-0.39, 0.29) is 6.10 Å². The number of morpholine rings is 1. The minimum Gasteiger partial charge on any atom is -0.371 e. The lowest BCUT2D eigenvalue weighted by Crippen LogP contribution is -2.40. The molecule has 0 spiro atoms. The van der Waals surface area contributed by atoms with Gasteiger partial charge in [0, 0.05) is 37.1 Å². The first-order valence-electron chi connectivity index (χ1n) is 6.88. The molecule has 1 aromatic carbocycles. The molecule has 0 unspecified atom stereocenters. The maximum absolute atomic E-state index is 6.05. The van der Waals surface area contributed by atoms with Gasteiger partial charge < -0.3 is 4.74 Å². The van der Waals surface area contributed by atoms with Crippen LogP contribution in [0.2, 0.25) is 5.02 Å². The molecule has 1 aromatic heterocycles. The van der Waals surface area contributed by atoms with E-state index in [2.05, 4.69) is 16.1 Å². The molecule has 0 aliphatic carbocycles. The molecule has 1 saturated heterocycles. The van der Waals surface area contributed by atoms with Gasteiger partial charge in [0.1, 0.15) is 0 Å². The maximum Gasteiger partial charge on any atom is 0.0952 e. The third kappa shape index (κ3) is 3.39. The van der Waals surface area contributed by atoms with Crippen molar-refractivity contribution in [2.45, 2.75) is 12.6 Å². The summed E-state index contributed by atoms with van der Waals surface area (Å²) in [6.07, 6.45) is 3.92. The monoisotopic (exact) mass is 291 g/mol. The first-order valence-corrected chi connectivity index (χ1v) is 7.26. The number of hydrogen-bond acceptors (Lipinski definition) is 3. The van der Waals surface area contributed by atoms with Gasteiger partial charge >= 0.3 is 0 Å².